The van der Waals surface area contributed by atoms with E-state index in [0.717, 1.165) is 6.42 Å². The fraction of sp³-hybridized carbons (Fsp3) is 0.800. The van der Waals surface area contributed by atoms with E-state index in [4.69, 9.17) is 5.11 Å². The predicted octanol–water partition coefficient (Wildman–Crippen LogP) is -0.128. The van der Waals surface area contributed by atoms with E-state index in [0.29, 0.717) is 12.8 Å². The van der Waals surface area contributed by atoms with Gasteiger partial charge in [-0.3, -0.25) is 10.1 Å². The van der Waals surface area contributed by atoms with E-state index >= 15 is 0 Å². The molecule has 0 heterocycles. The first-order chi connectivity index (χ1) is 7.41. The number of aliphatic hydroxyl groups excluding tert-OH is 1. The molecule has 0 aromatic heterocycles. The SMILES string of the molecule is CN(C)[C@H]1CC[C@@H](O)[C@H](C(=O)NC(=O)O)C1. The fourth-order valence-corrected chi connectivity index (χ4v) is 2.08. The zero-order chi connectivity index (χ0) is 12.3. The summed E-state index contributed by atoms with van der Waals surface area (Å²) in [7, 11) is 3.82. The predicted molar refractivity (Wildman–Crippen MR) is 57.0 cm³/mol. The smallest absolute Gasteiger partial charge is 0.411 e. The Morgan fingerprint density at radius 3 is 2.44 bits per heavy atom. The molecule has 0 aromatic rings. The minimum Gasteiger partial charge on any atom is -0.465 e. The van der Waals surface area contributed by atoms with E-state index < -0.39 is 24.0 Å². The maximum Gasteiger partial charge on any atom is 0.411 e. The minimum absolute atomic E-state index is 0.216. The Morgan fingerprint density at radius 2 is 1.94 bits per heavy atom. The molecule has 2 amide bonds. The Morgan fingerprint density at radius 1 is 1.31 bits per heavy atom. The van der Waals surface area contributed by atoms with Crippen molar-refractivity contribution in [2.24, 2.45) is 5.92 Å². The van der Waals surface area contributed by atoms with Crippen LogP contribution in [0.5, 0.6) is 0 Å². The van der Waals surface area contributed by atoms with Crippen LogP contribution in [0.15, 0.2) is 0 Å². The molecule has 0 spiro atoms. The number of hydrogen-bond donors (Lipinski definition) is 3. The van der Waals surface area contributed by atoms with Crippen LogP contribution in [0.2, 0.25) is 0 Å². The van der Waals surface area contributed by atoms with Gasteiger partial charge in [0.2, 0.25) is 5.91 Å². The molecule has 0 aliphatic heterocycles. The molecule has 0 unspecified atom stereocenters. The van der Waals surface area contributed by atoms with Crippen molar-refractivity contribution in [2.75, 3.05) is 14.1 Å². The highest BCUT2D eigenvalue weighted by Crippen LogP contribution is 2.27. The van der Waals surface area contributed by atoms with Crippen LogP contribution in [-0.4, -0.2) is 53.4 Å². The molecule has 92 valence electrons. The topological polar surface area (TPSA) is 89.9 Å². The Labute approximate surface area is 94.2 Å². The highest BCUT2D eigenvalue weighted by atomic mass is 16.4. The quantitative estimate of drug-likeness (QED) is 0.615. The van der Waals surface area contributed by atoms with Crippen molar-refractivity contribution in [1.82, 2.24) is 10.2 Å². The van der Waals surface area contributed by atoms with Crippen LogP contribution in [0.1, 0.15) is 19.3 Å². The van der Waals surface area contributed by atoms with Crippen molar-refractivity contribution < 1.29 is 19.8 Å². The van der Waals surface area contributed by atoms with E-state index in [2.05, 4.69) is 0 Å². The van der Waals surface area contributed by atoms with E-state index in [1.165, 1.54) is 0 Å². The van der Waals surface area contributed by atoms with Crippen LogP contribution >= 0.6 is 0 Å². The zero-order valence-electron chi connectivity index (χ0n) is 9.51. The Hall–Kier alpha value is -1.14. The number of nitrogens with one attached hydrogen (secondary N) is 1. The average Bonchev–Trinajstić information content (AvgIpc) is 2.16. The molecule has 1 aliphatic rings. The normalized spacial score (nSPS) is 30.1. The van der Waals surface area contributed by atoms with Crippen molar-refractivity contribution in [1.29, 1.82) is 0 Å². The van der Waals surface area contributed by atoms with Crippen LogP contribution in [0.3, 0.4) is 0 Å². The van der Waals surface area contributed by atoms with Gasteiger partial charge in [-0.2, -0.15) is 0 Å². The van der Waals surface area contributed by atoms with E-state index in [9.17, 15) is 14.7 Å². The molecule has 6 nitrogen and oxygen atoms in total. The van der Waals surface area contributed by atoms with Crippen LogP contribution in [0.4, 0.5) is 4.79 Å². The number of carboxylic acid groups (broad SMARTS) is 1. The van der Waals surface area contributed by atoms with Crippen LogP contribution in [0, 0.1) is 5.92 Å². The first kappa shape index (κ1) is 12.9. The van der Waals surface area contributed by atoms with Crippen LogP contribution in [-0.2, 0) is 4.79 Å². The van der Waals surface area contributed by atoms with Crippen molar-refractivity contribution in [2.45, 2.75) is 31.4 Å². The summed E-state index contributed by atoms with van der Waals surface area (Å²) < 4.78 is 0. The van der Waals surface area contributed by atoms with Gasteiger partial charge in [0.15, 0.2) is 0 Å². The van der Waals surface area contributed by atoms with Gasteiger partial charge in [0.1, 0.15) is 0 Å². The molecule has 0 bridgehead atoms. The summed E-state index contributed by atoms with van der Waals surface area (Å²) in [5.74, 6) is -1.23. The van der Waals surface area contributed by atoms with Gasteiger partial charge >= 0.3 is 6.09 Å². The molecule has 0 aromatic carbocycles. The first-order valence-electron chi connectivity index (χ1n) is 5.30. The fourth-order valence-electron chi connectivity index (χ4n) is 2.08. The van der Waals surface area contributed by atoms with Crippen molar-refractivity contribution in [3.63, 3.8) is 0 Å². The second-order valence-corrected chi connectivity index (χ2v) is 4.40. The van der Waals surface area contributed by atoms with E-state index in [1.807, 2.05) is 19.0 Å². The van der Waals surface area contributed by atoms with E-state index in [-0.39, 0.29) is 6.04 Å². The molecule has 0 radical (unpaired) electrons. The molecule has 3 atom stereocenters. The lowest BCUT2D eigenvalue weighted by molar-refractivity contribution is -0.130. The number of nitrogens with zero attached hydrogens (tertiary/aromatic N) is 1. The summed E-state index contributed by atoms with van der Waals surface area (Å²) in [6, 6.07) is 0.216. The number of carbonyl (C=O) groups excluding carboxylic acids is 1. The third kappa shape index (κ3) is 3.18. The number of hydrogen-bond acceptors (Lipinski definition) is 4. The van der Waals surface area contributed by atoms with Gasteiger partial charge in [-0.15, -0.1) is 0 Å². The molecule has 1 rings (SSSR count). The second-order valence-electron chi connectivity index (χ2n) is 4.40. The number of amides is 2. The Kier molecular flexibility index (Phi) is 4.26. The van der Waals surface area contributed by atoms with Gasteiger partial charge in [-0.05, 0) is 33.4 Å². The summed E-state index contributed by atoms with van der Waals surface area (Å²) in [5.41, 5.74) is 0. The maximum atomic E-state index is 11.5. The number of imide groups is 1. The monoisotopic (exact) mass is 230 g/mol. The highest BCUT2D eigenvalue weighted by Gasteiger charge is 2.35. The number of rotatable bonds is 2. The van der Waals surface area contributed by atoms with Crippen molar-refractivity contribution in [3.05, 3.63) is 0 Å². The first-order valence-corrected chi connectivity index (χ1v) is 5.30. The molecule has 6 heteroatoms. The van der Waals surface area contributed by atoms with Gasteiger partial charge in [-0.25, -0.2) is 4.79 Å². The largest absolute Gasteiger partial charge is 0.465 e. The summed E-state index contributed by atoms with van der Waals surface area (Å²) in [6.07, 6.45) is -0.265. The molecule has 1 aliphatic carbocycles. The van der Waals surface area contributed by atoms with Crippen molar-refractivity contribution >= 4 is 12.0 Å². The molecular formula is C10H18N2O4. The standard InChI is InChI=1S/C10H18N2O4/c1-12(2)6-3-4-8(13)7(5-6)9(14)11-10(15)16/h6-8,13H,3-5H2,1-2H3,(H,11,14)(H,15,16)/t6-,7+,8+/m0/s1. The zero-order valence-corrected chi connectivity index (χ0v) is 9.51. The second kappa shape index (κ2) is 5.27. The van der Waals surface area contributed by atoms with Gasteiger partial charge in [0.05, 0.1) is 12.0 Å². The van der Waals surface area contributed by atoms with Crippen LogP contribution < -0.4 is 5.32 Å². The summed E-state index contributed by atoms with van der Waals surface area (Å²) >= 11 is 0. The van der Waals surface area contributed by atoms with Crippen molar-refractivity contribution in [3.8, 4) is 0 Å². The molecule has 16 heavy (non-hydrogen) atoms. The number of carbonyl (C=O) groups is 2. The van der Waals surface area contributed by atoms with Gasteiger partial charge in [0.25, 0.3) is 0 Å². The molecule has 1 fully saturated rings. The lowest BCUT2D eigenvalue weighted by Gasteiger charge is -2.35. The summed E-state index contributed by atoms with van der Waals surface area (Å²) in [6.45, 7) is 0. The highest BCUT2D eigenvalue weighted by molar-refractivity contribution is 5.92. The lowest BCUT2D eigenvalue weighted by atomic mass is 9.82. The molecule has 3 N–H and O–H groups in total. The average molecular weight is 230 g/mol. The summed E-state index contributed by atoms with van der Waals surface area (Å²) in [5, 5.41) is 19.9. The minimum atomic E-state index is -1.37. The third-order valence-corrected chi connectivity index (χ3v) is 3.08. The summed E-state index contributed by atoms with van der Waals surface area (Å²) in [4.78, 5) is 23.9. The van der Waals surface area contributed by atoms with E-state index in [1.54, 1.807) is 5.32 Å². The van der Waals surface area contributed by atoms with Crippen LogP contribution in [0.25, 0.3) is 0 Å². The third-order valence-electron chi connectivity index (χ3n) is 3.08. The Balaban J connectivity index is 2.62. The molecule has 1 saturated carbocycles. The maximum absolute atomic E-state index is 11.5. The van der Waals surface area contributed by atoms with Gasteiger partial charge < -0.3 is 15.1 Å². The van der Waals surface area contributed by atoms with Gasteiger partial charge in [0, 0.05) is 6.04 Å². The molecular weight excluding hydrogens is 212 g/mol. The van der Waals surface area contributed by atoms with Gasteiger partial charge in [-0.1, -0.05) is 0 Å². The molecule has 0 saturated heterocycles. The number of aliphatic hydroxyl groups is 1. The lowest BCUT2D eigenvalue weighted by Crippen LogP contribution is -2.47. The Bertz CT molecular complexity index is 280.